The fourth-order valence-electron chi connectivity index (χ4n) is 1.75. The van der Waals surface area contributed by atoms with Crippen molar-refractivity contribution in [3.8, 4) is 5.75 Å². The van der Waals surface area contributed by atoms with Crippen molar-refractivity contribution in [3.05, 3.63) is 11.9 Å². The summed E-state index contributed by atoms with van der Waals surface area (Å²) in [5.74, 6) is 0.671. The summed E-state index contributed by atoms with van der Waals surface area (Å²) in [7, 11) is 5.64. The molecule has 0 radical (unpaired) electrons. The van der Waals surface area contributed by atoms with Crippen molar-refractivity contribution in [3.63, 3.8) is 0 Å². The van der Waals surface area contributed by atoms with Crippen molar-refractivity contribution in [2.24, 2.45) is 0 Å². The molecule has 0 saturated carbocycles. The molecule has 1 unspecified atom stereocenters. The van der Waals surface area contributed by atoms with E-state index in [1.165, 1.54) is 0 Å². The van der Waals surface area contributed by atoms with E-state index in [-0.39, 0.29) is 0 Å². The first kappa shape index (κ1) is 14.0. The van der Waals surface area contributed by atoms with Crippen molar-refractivity contribution in [1.29, 1.82) is 0 Å². The standard InChI is InChI=1S/C12H23N3O2/c1-5-6-10(16)12-11(17-4)9-13-15(12)8-7-14(2)3/h9-10,16H,5-8H2,1-4H3. The summed E-state index contributed by atoms with van der Waals surface area (Å²) in [6, 6.07) is 0. The largest absolute Gasteiger partial charge is 0.493 e. The first-order chi connectivity index (χ1) is 8.10. The van der Waals surface area contributed by atoms with E-state index in [4.69, 9.17) is 4.74 Å². The summed E-state index contributed by atoms with van der Waals surface area (Å²) in [4.78, 5) is 2.09. The fourth-order valence-corrected chi connectivity index (χ4v) is 1.75. The van der Waals surface area contributed by atoms with Crippen LogP contribution in [0.25, 0.3) is 0 Å². The molecule has 1 rings (SSSR count). The maximum absolute atomic E-state index is 10.1. The number of nitrogens with zero attached hydrogens (tertiary/aromatic N) is 3. The third-order valence-corrected chi connectivity index (χ3v) is 2.70. The van der Waals surface area contributed by atoms with Crippen LogP contribution in [0.15, 0.2) is 6.20 Å². The molecule has 0 aliphatic heterocycles. The lowest BCUT2D eigenvalue weighted by atomic mass is 10.1. The quantitative estimate of drug-likeness (QED) is 0.781. The zero-order chi connectivity index (χ0) is 12.8. The Morgan fingerprint density at radius 1 is 1.53 bits per heavy atom. The number of hydrogen-bond donors (Lipinski definition) is 1. The van der Waals surface area contributed by atoms with E-state index in [0.717, 1.165) is 31.6 Å². The van der Waals surface area contributed by atoms with Crippen LogP contribution in [0.2, 0.25) is 0 Å². The van der Waals surface area contributed by atoms with Gasteiger partial charge in [-0.1, -0.05) is 13.3 Å². The van der Waals surface area contributed by atoms with Crippen LogP contribution in [-0.2, 0) is 6.54 Å². The maximum Gasteiger partial charge on any atom is 0.162 e. The number of hydrogen-bond acceptors (Lipinski definition) is 4. The van der Waals surface area contributed by atoms with Gasteiger partial charge in [-0.05, 0) is 20.5 Å². The van der Waals surface area contributed by atoms with Gasteiger partial charge < -0.3 is 14.7 Å². The monoisotopic (exact) mass is 241 g/mol. The van der Waals surface area contributed by atoms with Gasteiger partial charge in [-0.2, -0.15) is 5.10 Å². The number of aliphatic hydroxyl groups is 1. The van der Waals surface area contributed by atoms with Crippen molar-refractivity contribution < 1.29 is 9.84 Å². The molecular weight excluding hydrogens is 218 g/mol. The lowest BCUT2D eigenvalue weighted by Gasteiger charge is -2.16. The van der Waals surface area contributed by atoms with E-state index in [9.17, 15) is 5.11 Å². The highest BCUT2D eigenvalue weighted by Gasteiger charge is 2.19. The molecule has 0 aliphatic carbocycles. The molecule has 1 aromatic heterocycles. The lowest BCUT2D eigenvalue weighted by molar-refractivity contribution is 0.150. The maximum atomic E-state index is 10.1. The molecule has 1 N–H and O–H groups in total. The van der Waals surface area contributed by atoms with Gasteiger partial charge in [-0.3, -0.25) is 4.68 Å². The second-order valence-electron chi connectivity index (χ2n) is 4.43. The van der Waals surface area contributed by atoms with Crippen LogP contribution in [0.3, 0.4) is 0 Å². The molecule has 0 aromatic carbocycles. The Morgan fingerprint density at radius 3 is 2.76 bits per heavy atom. The zero-order valence-electron chi connectivity index (χ0n) is 11.2. The Bertz CT molecular complexity index is 336. The van der Waals surface area contributed by atoms with E-state index in [1.807, 2.05) is 18.8 Å². The molecule has 1 aromatic rings. The summed E-state index contributed by atoms with van der Waals surface area (Å²) in [6.07, 6.45) is 2.83. The molecule has 1 atom stereocenters. The summed E-state index contributed by atoms with van der Waals surface area (Å²) in [6.45, 7) is 3.69. The lowest BCUT2D eigenvalue weighted by Crippen LogP contribution is -2.21. The van der Waals surface area contributed by atoms with Gasteiger partial charge in [0, 0.05) is 6.54 Å². The first-order valence-corrected chi connectivity index (χ1v) is 6.02. The van der Waals surface area contributed by atoms with Crippen LogP contribution in [0, 0.1) is 0 Å². The zero-order valence-corrected chi connectivity index (χ0v) is 11.2. The van der Waals surface area contributed by atoms with Crippen molar-refractivity contribution in [1.82, 2.24) is 14.7 Å². The normalized spacial score (nSPS) is 13.1. The van der Waals surface area contributed by atoms with Crippen LogP contribution >= 0.6 is 0 Å². The third kappa shape index (κ3) is 3.71. The molecule has 1 heterocycles. The summed E-state index contributed by atoms with van der Waals surface area (Å²) < 4.78 is 7.08. The highest BCUT2D eigenvalue weighted by Crippen LogP contribution is 2.27. The predicted molar refractivity (Wildman–Crippen MR) is 67.2 cm³/mol. The second kappa shape index (κ2) is 6.61. The minimum atomic E-state index is -0.500. The number of likely N-dealkylation sites (N-methyl/N-ethyl adjacent to an activating group) is 1. The van der Waals surface area contributed by atoms with Crippen molar-refractivity contribution in [2.45, 2.75) is 32.4 Å². The van der Waals surface area contributed by atoms with Gasteiger partial charge in [-0.25, -0.2) is 0 Å². The molecule has 0 saturated heterocycles. The summed E-state index contributed by atoms with van der Waals surface area (Å²) >= 11 is 0. The molecule has 5 nitrogen and oxygen atoms in total. The van der Waals surface area contributed by atoms with E-state index < -0.39 is 6.10 Å². The summed E-state index contributed by atoms with van der Waals surface area (Å²) in [5.41, 5.74) is 0.788. The van der Waals surface area contributed by atoms with E-state index >= 15 is 0 Å². The highest BCUT2D eigenvalue weighted by atomic mass is 16.5. The van der Waals surface area contributed by atoms with Crippen molar-refractivity contribution >= 4 is 0 Å². The minimum absolute atomic E-state index is 0.500. The molecule has 0 fully saturated rings. The summed E-state index contributed by atoms with van der Waals surface area (Å²) in [5, 5.41) is 14.4. The van der Waals surface area contributed by atoms with Crippen LogP contribution < -0.4 is 4.74 Å². The average molecular weight is 241 g/mol. The Morgan fingerprint density at radius 2 is 2.24 bits per heavy atom. The van der Waals surface area contributed by atoms with Gasteiger partial charge in [0.25, 0.3) is 0 Å². The third-order valence-electron chi connectivity index (χ3n) is 2.70. The van der Waals surface area contributed by atoms with Crippen molar-refractivity contribution in [2.75, 3.05) is 27.7 Å². The van der Waals surface area contributed by atoms with Gasteiger partial charge in [-0.15, -0.1) is 0 Å². The van der Waals surface area contributed by atoms with Gasteiger partial charge in [0.1, 0.15) is 5.69 Å². The van der Waals surface area contributed by atoms with Crippen LogP contribution in [-0.4, -0.2) is 47.5 Å². The number of ether oxygens (including phenoxy) is 1. The van der Waals surface area contributed by atoms with E-state index in [2.05, 4.69) is 16.9 Å². The van der Waals surface area contributed by atoms with Crippen LogP contribution in [0.5, 0.6) is 5.75 Å². The molecule has 5 heteroatoms. The van der Waals surface area contributed by atoms with Gasteiger partial charge in [0.2, 0.25) is 0 Å². The Hall–Kier alpha value is -1.07. The SMILES string of the molecule is CCCC(O)c1c(OC)cnn1CCN(C)C. The van der Waals surface area contributed by atoms with E-state index in [1.54, 1.807) is 13.3 Å². The Balaban J connectivity index is 2.85. The Labute approximate surface area is 103 Å². The van der Waals surface area contributed by atoms with Crippen LogP contribution in [0.1, 0.15) is 31.6 Å². The highest BCUT2D eigenvalue weighted by molar-refractivity contribution is 5.27. The van der Waals surface area contributed by atoms with Gasteiger partial charge in [0.05, 0.1) is 26.0 Å². The molecular formula is C12H23N3O2. The number of rotatable bonds is 7. The number of methoxy groups -OCH3 is 1. The molecule has 17 heavy (non-hydrogen) atoms. The van der Waals surface area contributed by atoms with E-state index in [0.29, 0.717) is 5.75 Å². The number of aliphatic hydroxyl groups excluding tert-OH is 1. The molecule has 0 amide bonds. The molecule has 0 aliphatic rings. The second-order valence-corrected chi connectivity index (χ2v) is 4.43. The average Bonchev–Trinajstić information content (AvgIpc) is 2.69. The molecule has 98 valence electrons. The van der Waals surface area contributed by atoms with Crippen LogP contribution in [0.4, 0.5) is 0 Å². The topological polar surface area (TPSA) is 50.5 Å². The predicted octanol–water partition coefficient (Wildman–Crippen LogP) is 1.29. The fraction of sp³-hybridized carbons (Fsp3) is 0.750. The smallest absolute Gasteiger partial charge is 0.162 e. The Kier molecular flexibility index (Phi) is 5.44. The first-order valence-electron chi connectivity index (χ1n) is 6.02. The minimum Gasteiger partial charge on any atom is -0.493 e. The molecule has 0 spiro atoms. The molecule has 0 bridgehead atoms. The van der Waals surface area contributed by atoms with Gasteiger partial charge in [0.15, 0.2) is 5.75 Å². The van der Waals surface area contributed by atoms with Gasteiger partial charge >= 0.3 is 0 Å². The number of aromatic nitrogens is 2.